The summed E-state index contributed by atoms with van der Waals surface area (Å²) in [6.45, 7) is 10.8. The van der Waals surface area contributed by atoms with Crippen LogP contribution < -0.4 is 10.2 Å². The molecular weight excluding hydrogens is 340 g/mol. The summed E-state index contributed by atoms with van der Waals surface area (Å²) in [6.07, 6.45) is 4.37. The molecule has 0 aliphatic carbocycles. The summed E-state index contributed by atoms with van der Waals surface area (Å²) >= 11 is 0. The van der Waals surface area contributed by atoms with E-state index in [0.717, 1.165) is 64.2 Å². The van der Waals surface area contributed by atoms with Crippen molar-refractivity contribution in [1.29, 1.82) is 0 Å². The normalized spacial score (nSPS) is 21.7. The van der Waals surface area contributed by atoms with Gasteiger partial charge in [-0.3, -0.25) is 9.89 Å². The maximum Gasteiger partial charge on any atom is 0.194 e. The van der Waals surface area contributed by atoms with E-state index in [0.29, 0.717) is 6.04 Å². The number of pyridine rings is 1. The minimum absolute atomic E-state index is 0.545. The molecule has 1 unspecified atom stereocenters. The minimum Gasteiger partial charge on any atom is -0.383 e. The molecule has 0 amide bonds. The zero-order valence-corrected chi connectivity index (χ0v) is 16.8. The standard InChI is InChI=1S/C20H34N6O/c1-3-21-20(23-17-18-7-6-10-24(18)15-16-27-2)26-13-11-25(12-14-26)19-8-4-5-9-22-19/h4-5,8-9,18H,3,6-7,10-17H2,1-2H3,(H,21,23). The Kier molecular flexibility index (Phi) is 7.71. The monoisotopic (exact) mass is 374 g/mol. The van der Waals surface area contributed by atoms with Gasteiger partial charge in [-0.15, -0.1) is 0 Å². The van der Waals surface area contributed by atoms with Crippen molar-refractivity contribution in [2.75, 3.05) is 71.0 Å². The molecule has 1 atom stereocenters. The highest BCUT2D eigenvalue weighted by molar-refractivity contribution is 5.80. The predicted octanol–water partition coefficient (Wildman–Crippen LogP) is 1.28. The van der Waals surface area contributed by atoms with E-state index in [2.05, 4.69) is 44.1 Å². The second-order valence-electron chi connectivity index (χ2n) is 7.18. The highest BCUT2D eigenvalue weighted by atomic mass is 16.5. The summed E-state index contributed by atoms with van der Waals surface area (Å²) in [7, 11) is 1.77. The summed E-state index contributed by atoms with van der Waals surface area (Å²) < 4.78 is 5.25. The third-order valence-electron chi connectivity index (χ3n) is 5.42. The topological polar surface area (TPSA) is 56.2 Å². The number of likely N-dealkylation sites (tertiary alicyclic amines) is 1. The molecule has 0 bridgehead atoms. The second-order valence-corrected chi connectivity index (χ2v) is 7.18. The number of anilines is 1. The first kappa shape index (κ1) is 19.9. The first-order chi connectivity index (χ1) is 13.3. The fourth-order valence-corrected chi connectivity index (χ4v) is 3.91. The Morgan fingerprint density at radius 2 is 2.11 bits per heavy atom. The van der Waals surface area contributed by atoms with Gasteiger partial charge in [-0.25, -0.2) is 4.98 Å². The number of aromatic nitrogens is 1. The zero-order valence-electron chi connectivity index (χ0n) is 16.8. The third-order valence-corrected chi connectivity index (χ3v) is 5.42. The average molecular weight is 375 g/mol. The van der Waals surface area contributed by atoms with Crippen LogP contribution in [0.3, 0.4) is 0 Å². The van der Waals surface area contributed by atoms with Crippen molar-refractivity contribution >= 4 is 11.8 Å². The largest absolute Gasteiger partial charge is 0.383 e. The number of piperazine rings is 1. The van der Waals surface area contributed by atoms with Gasteiger partial charge in [0.05, 0.1) is 13.2 Å². The highest BCUT2D eigenvalue weighted by Crippen LogP contribution is 2.17. The van der Waals surface area contributed by atoms with Crippen LogP contribution in [0, 0.1) is 0 Å². The van der Waals surface area contributed by atoms with Crippen molar-refractivity contribution in [3.05, 3.63) is 24.4 Å². The van der Waals surface area contributed by atoms with E-state index in [1.54, 1.807) is 7.11 Å². The first-order valence-corrected chi connectivity index (χ1v) is 10.2. The van der Waals surface area contributed by atoms with Crippen LogP contribution in [0.25, 0.3) is 0 Å². The number of nitrogens with zero attached hydrogens (tertiary/aromatic N) is 5. The van der Waals surface area contributed by atoms with Gasteiger partial charge in [0.15, 0.2) is 5.96 Å². The van der Waals surface area contributed by atoms with Gasteiger partial charge in [0, 0.05) is 58.6 Å². The molecule has 7 heteroatoms. The SMILES string of the molecule is CCNC(=NCC1CCCN1CCOC)N1CCN(c2ccccn2)CC1. The number of ether oxygens (including phenoxy) is 1. The molecule has 0 spiro atoms. The van der Waals surface area contributed by atoms with Gasteiger partial charge in [0.1, 0.15) is 5.82 Å². The molecule has 0 aromatic carbocycles. The number of hydrogen-bond donors (Lipinski definition) is 1. The van der Waals surface area contributed by atoms with Crippen molar-refractivity contribution in [3.63, 3.8) is 0 Å². The van der Waals surface area contributed by atoms with Crippen LogP contribution in [0.15, 0.2) is 29.4 Å². The van der Waals surface area contributed by atoms with Crippen LogP contribution in [0.5, 0.6) is 0 Å². The molecule has 1 aromatic rings. The fraction of sp³-hybridized carbons (Fsp3) is 0.700. The van der Waals surface area contributed by atoms with Gasteiger partial charge >= 0.3 is 0 Å². The van der Waals surface area contributed by atoms with Gasteiger partial charge in [-0.1, -0.05) is 6.07 Å². The van der Waals surface area contributed by atoms with Gasteiger partial charge in [0.2, 0.25) is 0 Å². The van der Waals surface area contributed by atoms with Crippen LogP contribution in [0.4, 0.5) is 5.82 Å². The van der Waals surface area contributed by atoms with Crippen LogP contribution in [0.1, 0.15) is 19.8 Å². The Morgan fingerprint density at radius 1 is 1.26 bits per heavy atom. The first-order valence-electron chi connectivity index (χ1n) is 10.2. The number of rotatable bonds is 7. The molecule has 0 radical (unpaired) electrons. The third kappa shape index (κ3) is 5.56. The Balaban J connectivity index is 1.55. The maximum atomic E-state index is 5.25. The van der Waals surface area contributed by atoms with Gasteiger partial charge in [0.25, 0.3) is 0 Å². The molecule has 150 valence electrons. The Hall–Kier alpha value is -1.86. The molecule has 2 saturated heterocycles. The fourth-order valence-electron chi connectivity index (χ4n) is 3.91. The molecule has 27 heavy (non-hydrogen) atoms. The number of hydrogen-bond acceptors (Lipinski definition) is 5. The molecule has 1 N–H and O–H groups in total. The van der Waals surface area contributed by atoms with Crippen molar-refractivity contribution in [1.82, 2.24) is 20.1 Å². The van der Waals surface area contributed by atoms with Crippen LogP contribution >= 0.6 is 0 Å². The summed E-state index contributed by atoms with van der Waals surface area (Å²) in [6, 6.07) is 6.65. The average Bonchev–Trinajstić information content (AvgIpc) is 3.17. The van der Waals surface area contributed by atoms with Gasteiger partial charge in [-0.05, 0) is 38.4 Å². The Bertz CT molecular complexity index is 573. The van der Waals surface area contributed by atoms with Crippen LogP contribution in [-0.4, -0.2) is 92.9 Å². The number of nitrogens with one attached hydrogen (secondary N) is 1. The van der Waals surface area contributed by atoms with E-state index >= 15 is 0 Å². The molecule has 3 rings (SSSR count). The Labute approximate surface area is 163 Å². The molecule has 0 saturated carbocycles. The van der Waals surface area contributed by atoms with Crippen LogP contribution in [-0.2, 0) is 4.74 Å². The lowest BCUT2D eigenvalue weighted by Gasteiger charge is -2.37. The molecule has 2 aliphatic heterocycles. The lowest BCUT2D eigenvalue weighted by Crippen LogP contribution is -2.53. The van der Waals surface area contributed by atoms with Crippen LogP contribution in [0.2, 0.25) is 0 Å². The highest BCUT2D eigenvalue weighted by Gasteiger charge is 2.25. The number of guanidine groups is 1. The van der Waals surface area contributed by atoms with E-state index in [4.69, 9.17) is 9.73 Å². The smallest absolute Gasteiger partial charge is 0.194 e. The Morgan fingerprint density at radius 3 is 2.81 bits per heavy atom. The summed E-state index contributed by atoms with van der Waals surface area (Å²) in [5.74, 6) is 2.12. The lowest BCUT2D eigenvalue weighted by atomic mass is 10.2. The summed E-state index contributed by atoms with van der Waals surface area (Å²) in [5.41, 5.74) is 0. The summed E-state index contributed by atoms with van der Waals surface area (Å²) in [5, 5.41) is 3.49. The quantitative estimate of drug-likeness (QED) is 0.573. The van der Waals surface area contributed by atoms with E-state index in [1.807, 2.05) is 12.3 Å². The van der Waals surface area contributed by atoms with E-state index in [1.165, 1.54) is 19.4 Å². The predicted molar refractivity (Wildman–Crippen MR) is 110 cm³/mol. The maximum absolute atomic E-state index is 5.25. The van der Waals surface area contributed by atoms with Crippen molar-refractivity contribution in [3.8, 4) is 0 Å². The minimum atomic E-state index is 0.545. The number of aliphatic imine (C=N–C) groups is 1. The van der Waals surface area contributed by atoms with Crippen molar-refractivity contribution < 1.29 is 4.74 Å². The van der Waals surface area contributed by atoms with Crippen molar-refractivity contribution in [2.24, 2.45) is 4.99 Å². The molecule has 1 aromatic heterocycles. The molecule has 2 fully saturated rings. The lowest BCUT2D eigenvalue weighted by molar-refractivity contribution is 0.142. The molecule has 2 aliphatic rings. The zero-order chi connectivity index (χ0) is 18.9. The second kappa shape index (κ2) is 10.5. The van der Waals surface area contributed by atoms with E-state index in [-0.39, 0.29) is 0 Å². The number of methoxy groups -OCH3 is 1. The van der Waals surface area contributed by atoms with Crippen molar-refractivity contribution in [2.45, 2.75) is 25.8 Å². The molecule has 3 heterocycles. The van der Waals surface area contributed by atoms with E-state index < -0.39 is 0 Å². The van der Waals surface area contributed by atoms with E-state index in [9.17, 15) is 0 Å². The molecule has 7 nitrogen and oxygen atoms in total. The summed E-state index contributed by atoms with van der Waals surface area (Å²) in [4.78, 5) is 16.7. The molecular formula is C20H34N6O. The van der Waals surface area contributed by atoms with Gasteiger partial charge in [-0.2, -0.15) is 0 Å². The van der Waals surface area contributed by atoms with Gasteiger partial charge < -0.3 is 19.9 Å².